The van der Waals surface area contributed by atoms with Gasteiger partial charge in [-0.2, -0.15) is 0 Å². The van der Waals surface area contributed by atoms with Crippen molar-refractivity contribution in [1.29, 1.82) is 0 Å². The zero-order chi connectivity index (χ0) is 20.9. The van der Waals surface area contributed by atoms with Crippen molar-refractivity contribution in [1.82, 2.24) is 9.97 Å². The van der Waals surface area contributed by atoms with E-state index in [0.29, 0.717) is 43.3 Å². The number of aromatic amines is 1. The van der Waals surface area contributed by atoms with E-state index in [2.05, 4.69) is 15.3 Å². The molecule has 2 heterocycles. The third-order valence-corrected chi connectivity index (χ3v) is 5.12. The number of carbonyl (C=O) groups excluding carboxylic acids is 1. The van der Waals surface area contributed by atoms with Gasteiger partial charge in [-0.05, 0) is 56.2 Å². The van der Waals surface area contributed by atoms with Crippen LogP contribution in [-0.4, -0.2) is 29.0 Å². The van der Waals surface area contributed by atoms with Crippen LogP contribution in [0.1, 0.15) is 18.5 Å². The first kappa shape index (κ1) is 19.7. The van der Waals surface area contributed by atoms with Gasteiger partial charge in [-0.3, -0.25) is 14.6 Å². The van der Waals surface area contributed by atoms with E-state index in [4.69, 9.17) is 4.74 Å². The molecule has 154 valence electrons. The quantitative estimate of drug-likeness (QED) is 0.677. The van der Waals surface area contributed by atoms with Crippen LogP contribution in [0.5, 0.6) is 11.5 Å². The van der Waals surface area contributed by atoms with Crippen molar-refractivity contribution >= 4 is 17.5 Å². The molecule has 0 saturated carbocycles. The monoisotopic (exact) mass is 404 g/mol. The Labute approximate surface area is 174 Å². The van der Waals surface area contributed by atoms with Crippen molar-refractivity contribution in [3.05, 3.63) is 76.7 Å². The summed E-state index contributed by atoms with van der Waals surface area (Å²) in [6, 6.07) is 18.4. The Morgan fingerprint density at radius 1 is 1.07 bits per heavy atom. The number of H-pyrrole nitrogens is 1. The van der Waals surface area contributed by atoms with Gasteiger partial charge in [-0.1, -0.05) is 18.2 Å². The van der Waals surface area contributed by atoms with Crippen LogP contribution in [0.25, 0.3) is 0 Å². The first-order valence-electron chi connectivity index (χ1n) is 10.0. The van der Waals surface area contributed by atoms with E-state index in [-0.39, 0.29) is 17.4 Å². The number of aromatic nitrogens is 2. The van der Waals surface area contributed by atoms with Gasteiger partial charge in [0.1, 0.15) is 11.5 Å². The summed E-state index contributed by atoms with van der Waals surface area (Å²) in [5.74, 6) is 2.00. The summed E-state index contributed by atoms with van der Waals surface area (Å²) >= 11 is 0. The Morgan fingerprint density at radius 3 is 2.40 bits per heavy atom. The summed E-state index contributed by atoms with van der Waals surface area (Å²) in [5, 5.41) is 2.99. The highest BCUT2D eigenvalue weighted by atomic mass is 16.5. The topological polar surface area (TPSA) is 87.3 Å². The van der Waals surface area contributed by atoms with Crippen molar-refractivity contribution in [3.63, 3.8) is 0 Å². The van der Waals surface area contributed by atoms with Gasteiger partial charge in [0.2, 0.25) is 11.9 Å². The molecule has 1 aromatic heterocycles. The van der Waals surface area contributed by atoms with E-state index in [1.807, 2.05) is 59.5 Å². The third-order valence-electron chi connectivity index (χ3n) is 5.12. The molecule has 0 unspecified atom stereocenters. The second kappa shape index (κ2) is 8.82. The minimum Gasteiger partial charge on any atom is -0.457 e. The molecular formula is C23H24N4O3. The number of carbonyl (C=O) groups is 1. The van der Waals surface area contributed by atoms with Gasteiger partial charge in [0.05, 0.1) is 0 Å². The minimum absolute atomic E-state index is 0.0112. The molecular weight excluding hydrogens is 380 g/mol. The van der Waals surface area contributed by atoms with Crippen LogP contribution in [0, 0.1) is 12.8 Å². The lowest BCUT2D eigenvalue weighted by Gasteiger charge is -2.31. The van der Waals surface area contributed by atoms with E-state index in [0.717, 1.165) is 11.4 Å². The summed E-state index contributed by atoms with van der Waals surface area (Å²) in [6.45, 7) is 3.15. The first-order valence-corrected chi connectivity index (χ1v) is 10.0. The summed E-state index contributed by atoms with van der Waals surface area (Å²) in [6.07, 6.45) is 1.41. The Hall–Kier alpha value is -3.61. The number of piperidine rings is 1. The van der Waals surface area contributed by atoms with Crippen LogP contribution >= 0.6 is 0 Å². The average molecular weight is 404 g/mol. The van der Waals surface area contributed by atoms with E-state index in [1.165, 1.54) is 6.07 Å². The van der Waals surface area contributed by atoms with Crippen LogP contribution in [0.3, 0.4) is 0 Å². The summed E-state index contributed by atoms with van der Waals surface area (Å²) < 4.78 is 5.78. The van der Waals surface area contributed by atoms with Crippen molar-refractivity contribution < 1.29 is 9.53 Å². The predicted octanol–water partition coefficient (Wildman–Crippen LogP) is 3.73. The molecule has 2 aromatic carbocycles. The number of aryl methyl sites for hydroxylation is 1. The molecule has 1 fully saturated rings. The fourth-order valence-corrected chi connectivity index (χ4v) is 3.54. The van der Waals surface area contributed by atoms with Gasteiger partial charge >= 0.3 is 0 Å². The summed E-state index contributed by atoms with van der Waals surface area (Å²) in [7, 11) is 0. The minimum atomic E-state index is -0.156. The van der Waals surface area contributed by atoms with E-state index >= 15 is 0 Å². The van der Waals surface area contributed by atoms with Crippen LogP contribution in [0.2, 0.25) is 0 Å². The van der Waals surface area contributed by atoms with Gasteiger partial charge < -0.3 is 15.0 Å². The highest BCUT2D eigenvalue weighted by Crippen LogP contribution is 2.25. The fourth-order valence-electron chi connectivity index (χ4n) is 3.54. The lowest BCUT2D eigenvalue weighted by Crippen LogP contribution is -2.39. The highest BCUT2D eigenvalue weighted by Gasteiger charge is 2.26. The van der Waals surface area contributed by atoms with Crippen molar-refractivity contribution in [3.8, 4) is 11.5 Å². The van der Waals surface area contributed by atoms with Crippen LogP contribution in [-0.2, 0) is 4.79 Å². The smallest absolute Gasteiger partial charge is 0.252 e. The standard InChI is InChI=1S/C23H24N4O3/c1-16-15-21(28)26-23(24-16)27-13-11-17(12-14-27)22(29)25-18-7-9-20(10-8-18)30-19-5-3-2-4-6-19/h2-10,15,17H,11-14H2,1H3,(H,25,29)(H,24,26,28). The van der Waals surface area contributed by atoms with Crippen LogP contribution in [0.4, 0.5) is 11.6 Å². The number of benzene rings is 2. The van der Waals surface area contributed by atoms with Gasteiger partial charge in [0.25, 0.3) is 5.56 Å². The van der Waals surface area contributed by atoms with E-state index in [1.54, 1.807) is 6.92 Å². The van der Waals surface area contributed by atoms with Gasteiger partial charge in [0.15, 0.2) is 0 Å². The number of rotatable bonds is 5. The molecule has 0 spiro atoms. The van der Waals surface area contributed by atoms with Crippen LogP contribution in [0.15, 0.2) is 65.5 Å². The zero-order valence-electron chi connectivity index (χ0n) is 16.8. The summed E-state index contributed by atoms with van der Waals surface area (Å²) in [4.78, 5) is 33.5. The fraction of sp³-hybridized carbons (Fsp3) is 0.261. The first-order chi connectivity index (χ1) is 14.6. The number of ether oxygens (including phenoxy) is 1. The molecule has 0 radical (unpaired) electrons. The highest BCUT2D eigenvalue weighted by molar-refractivity contribution is 5.92. The van der Waals surface area contributed by atoms with Gasteiger partial charge in [0, 0.05) is 36.5 Å². The molecule has 7 heteroatoms. The molecule has 1 aliphatic heterocycles. The SMILES string of the molecule is Cc1cc(=O)[nH]c(N2CCC(C(=O)Nc3ccc(Oc4ccccc4)cc3)CC2)n1. The Kier molecular flexibility index (Phi) is 5.79. The predicted molar refractivity (Wildman–Crippen MR) is 116 cm³/mol. The maximum atomic E-state index is 12.7. The Morgan fingerprint density at radius 2 is 1.73 bits per heavy atom. The van der Waals surface area contributed by atoms with Gasteiger partial charge in [-0.25, -0.2) is 4.98 Å². The van der Waals surface area contributed by atoms with Crippen LogP contribution < -0.4 is 20.5 Å². The third kappa shape index (κ3) is 4.86. The number of hydrogen-bond acceptors (Lipinski definition) is 5. The molecule has 7 nitrogen and oxygen atoms in total. The number of para-hydroxylation sites is 1. The van der Waals surface area contributed by atoms with Crippen molar-refractivity contribution in [2.45, 2.75) is 19.8 Å². The molecule has 2 N–H and O–H groups in total. The number of hydrogen-bond donors (Lipinski definition) is 2. The molecule has 4 rings (SSSR count). The Balaban J connectivity index is 1.31. The number of nitrogens with zero attached hydrogens (tertiary/aromatic N) is 2. The molecule has 0 aliphatic carbocycles. The molecule has 3 aromatic rings. The maximum absolute atomic E-state index is 12.7. The largest absolute Gasteiger partial charge is 0.457 e. The number of anilines is 2. The molecule has 1 saturated heterocycles. The lowest BCUT2D eigenvalue weighted by molar-refractivity contribution is -0.120. The van der Waals surface area contributed by atoms with Gasteiger partial charge in [-0.15, -0.1) is 0 Å². The number of amides is 1. The maximum Gasteiger partial charge on any atom is 0.252 e. The molecule has 1 aliphatic rings. The Bertz CT molecular complexity index is 1060. The normalized spacial score (nSPS) is 14.4. The molecule has 30 heavy (non-hydrogen) atoms. The molecule has 1 amide bonds. The number of nitrogens with one attached hydrogen (secondary N) is 2. The summed E-state index contributed by atoms with van der Waals surface area (Å²) in [5.41, 5.74) is 1.28. The van der Waals surface area contributed by atoms with E-state index < -0.39 is 0 Å². The van der Waals surface area contributed by atoms with E-state index in [9.17, 15) is 9.59 Å². The molecule has 0 bridgehead atoms. The second-order valence-electron chi connectivity index (χ2n) is 7.40. The van der Waals surface area contributed by atoms with Crippen molar-refractivity contribution in [2.24, 2.45) is 5.92 Å². The average Bonchev–Trinajstić information content (AvgIpc) is 2.75. The second-order valence-corrected chi connectivity index (χ2v) is 7.40. The molecule has 0 atom stereocenters. The zero-order valence-corrected chi connectivity index (χ0v) is 16.8. The van der Waals surface area contributed by atoms with Crippen molar-refractivity contribution in [2.75, 3.05) is 23.3 Å². The lowest BCUT2D eigenvalue weighted by atomic mass is 9.96.